The molecule has 0 aliphatic rings. The summed E-state index contributed by atoms with van der Waals surface area (Å²) in [5.41, 5.74) is 3.28. The van der Waals surface area contributed by atoms with Crippen LogP contribution in [0.1, 0.15) is 5.69 Å². The second kappa shape index (κ2) is 6.45. The van der Waals surface area contributed by atoms with E-state index in [1.165, 1.54) is 11.3 Å². The van der Waals surface area contributed by atoms with E-state index in [1.54, 1.807) is 9.58 Å². The number of benzene rings is 2. The van der Waals surface area contributed by atoms with Crippen molar-refractivity contribution in [3.05, 3.63) is 65.7 Å². The van der Waals surface area contributed by atoms with Gasteiger partial charge in [0.15, 0.2) is 5.13 Å². The molecule has 0 unspecified atom stereocenters. The van der Waals surface area contributed by atoms with Gasteiger partial charge in [0.25, 0.3) is 5.91 Å². The van der Waals surface area contributed by atoms with Crippen molar-refractivity contribution >= 4 is 39.1 Å². The van der Waals surface area contributed by atoms with Crippen LogP contribution in [0.25, 0.3) is 11.0 Å². The monoisotopic (exact) mass is 349 g/mol. The Morgan fingerprint density at radius 2 is 1.88 bits per heavy atom. The van der Waals surface area contributed by atoms with Crippen molar-refractivity contribution in [2.24, 2.45) is 0 Å². The van der Waals surface area contributed by atoms with E-state index in [4.69, 9.17) is 0 Å². The van der Waals surface area contributed by atoms with Gasteiger partial charge in [-0.3, -0.25) is 9.69 Å². The molecule has 2 heterocycles. The van der Waals surface area contributed by atoms with Gasteiger partial charge < -0.3 is 0 Å². The van der Waals surface area contributed by atoms with Gasteiger partial charge in [0.1, 0.15) is 12.1 Å². The molecule has 4 rings (SSSR count). The maximum atomic E-state index is 13.1. The quantitative estimate of drug-likeness (QED) is 0.565. The van der Waals surface area contributed by atoms with Crippen LogP contribution in [0.4, 0.5) is 10.8 Å². The van der Waals surface area contributed by atoms with Gasteiger partial charge in [-0.15, -0.1) is 16.4 Å². The molecule has 7 heteroatoms. The first-order valence-electron chi connectivity index (χ1n) is 7.81. The van der Waals surface area contributed by atoms with Gasteiger partial charge in [0.05, 0.1) is 16.9 Å². The number of aryl methyl sites for hydroxylation is 1. The predicted molar refractivity (Wildman–Crippen MR) is 98.0 cm³/mol. The number of para-hydroxylation sites is 2. The molecule has 2 aromatic carbocycles. The summed E-state index contributed by atoms with van der Waals surface area (Å²) in [6.07, 6.45) is 0. The number of carbonyl (C=O) groups excluding carboxylic acids is 1. The molecule has 0 spiro atoms. The van der Waals surface area contributed by atoms with E-state index in [9.17, 15) is 4.79 Å². The van der Waals surface area contributed by atoms with Crippen LogP contribution in [0.2, 0.25) is 0 Å². The van der Waals surface area contributed by atoms with E-state index in [2.05, 4.69) is 15.3 Å². The number of aromatic nitrogens is 4. The molecule has 1 amide bonds. The molecule has 0 radical (unpaired) electrons. The fraction of sp³-hybridized carbons (Fsp3) is 0.111. The smallest absolute Gasteiger partial charge is 0.255 e. The maximum absolute atomic E-state index is 13.1. The zero-order chi connectivity index (χ0) is 17.2. The molecule has 0 fully saturated rings. The van der Waals surface area contributed by atoms with Crippen LogP contribution in [0.15, 0.2) is 60.0 Å². The summed E-state index contributed by atoms with van der Waals surface area (Å²) < 4.78 is 1.62. The molecule has 6 nitrogen and oxygen atoms in total. The van der Waals surface area contributed by atoms with Gasteiger partial charge in [0.2, 0.25) is 0 Å². The Labute approximate surface area is 148 Å². The number of nitrogens with zero attached hydrogens (tertiary/aromatic N) is 5. The van der Waals surface area contributed by atoms with Crippen LogP contribution in [-0.2, 0) is 11.3 Å². The van der Waals surface area contributed by atoms with Crippen LogP contribution in [0, 0.1) is 6.92 Å². The fourth-order valence-electron chi connectivity index (χ4n) is 2.62. The highest BCUT2D eigenvalue weighted by Crippen LogP contribution is 2.29. The minimum Gasteiger partial charge on any atom is -0.272 e. The molecular formula is C18H15N5OS. The van der Waals surface area contributed by atoms with E-state index >= 15 is 0 Å². The SMILES string of the molecule is Cc1csc(N(C(=O)Cn2nnc3ccccc32)c2ccccc2)n1. The Hall–Kier alpha value is -3.06. The molecule has 2 aromatic heterocycles. The summed E-state index contributed by atoms with van der Waals surface area (Å²) in [5.74, 6) is -0.115. The zero-order valence-corrected chi connectivity index (χ0v) is 14.3. The van der Waals surface area contributed by atoms with Crippen LogP contribution >= 0.6 is 11.3 Å². The third-order valence-corrected chi connectivity index (χ3v) is 4.71. The van der Waals surface area contributed by atoms with Crippen molar-refractivity contribution < 1.29 is 4.79 Å². The van der Waals surface area contributed by atoms with Crippen LogP contribution in [0.5, 0.6) is 0 Å². The molecule has 124 valence electrons. The number of fused-ring (bicyclic) bond motifs is 1. The minimum atomic E-state index is -0.115. The highest BCUT2D eigenvalue weighted by atomic mass is 32.1. The molecule has 0 atom stereocenters. The lowest BCUT2D eigenvalue weighted by Gasteiger charge is -2.20. The van der Waals surface area contributed by atoms with Crippen molar-refractivity contribution in [1.82, 2.24) is 20.0 Å². The molecule has 4 aromatic rings. The third kappa shape index (κ3) is 3.01. The minimum absolute atomic E-state index is 0.0913. The first kappa shape index (κ1) is 15.5. The molecule has 0 saturated heterocycles. The van der Waals surface area contributed by atoms with Crippen LogP contribution in [0.3, 0.4) is 0 Å². The topological polar surface area (TPSA) is 63.9 Å². The van der Waals surface area contributed by atoms with Crippen molar-refractivity contribution in [2.45, 2.75) is 13.5 Å². The number of anilines is 2. The number of thiazole rings is 1. The maximum Gasteiger partial charge on any atom is 0.255 e. The number of amides is 1. The standard InChI is InChI=1S/C18H15N5OS/c1-13-12-25-18(19-13)23(14-7-3-2-4-8-14)17(24)11-22-16-10-6-5-9-15(16)20-21-22/h2-10,12H,11H2,1H3. The zero-order valence-electron chi connectivity index (χ0n) is 13.5. The highest BCUT2D eigenvalue weighted by Gasteiger charge is 2.22. The average molecular weight is 349 g/mol. The van der Waals surface area contributed by atoms with E-state index in [0.29, 0.717) is 5.13 Å². The lowest BCUT2D eigenvalue weighted by Crippen LogP contribution is -2.30. The number of hydrogen-bond acceptors (Lipinski definition) is 5. The molecule has 0 aliphatic carbocycles. The largest absolute Gasteiger partial charge is 0.272 e. The summed E-state index contributed by atoms with van der Waals surface area (Å²) in [6.45, 7) is 2.01. The lowest BCUT2D eigenvalue weighted by molar-refractivity contribution is -0.118. The number of carbonyl (C=O) groups is 1. The normalized spacial score (nSPS) is 10.9. The van der Waals surface area contributed by atoms with E-state index in [1.807, 2.05) is 66.9 Å². The molecule has 0 bridgehead atoms. The Morgan fingerprint density at radius 3 is 2.64 bits per heavy atom. The van der Waals surface area contributed by atoms with Gasteiger partial charge in [-0.25, -0.2) is 9.67 Å². The molecular weight excluding hydrogens is 334 g/mol. The summed E-state index contributed by atoms with van der Waals surface area (Å²) in [7, 11) is 0. The van der Waals surface area contributed by atoms with Gasteiger partial charge in [-0.2, -0.15) is 0 Å². The van der Waals surface area contributed by atoms with E-state index < -0.39 is 0 Å². The summed E-state index contributed by atoms with van der Waals surface area (Å²) in [4.78, 5) is 19.2. The second-order valence-corrected chi connectivity index (χ2v) is 6.41. The average Bonchev–Trinajstić information content (AvgIpc) is 3.23. The van der Waals surface area contributed by atoms with E-state index in [0.717, 1.165) is 22.4 Å². The fourth-order valence-corrected chi connectivity index (χ4v) is 3.45. The molecule has 0 N–H and O–H groups in total. The van der Waals surface area contributed by atoms with Crippen LogP contribution in [-0.4, -0.2) is 25.9 Å². The molecule has 0 saturated carbocycles. The van der Waals surface area contributed by atoms with Gasteiger partial charge >= 0.3 is 0 Å². The van der Waals surface area contributed by atoms with Crippen molar-refractivity contribution in [3.63, 3.8) is 0 Å². The first-order chi connectivity index (χ1) is 12.2. The van der Waals surface area contributed by atoms with Crippen molar-refractivity contribution in [3.8, 4) is 0 Å². The van der Waals surface area contributed by atoms with Crippen molar-refractivity contribution in [2.75, 3.05) is 4.90 Å². The Bertz CT molecular complexity index is 1020. The predicted octanol–water partition coefficient (Wildman–Crippen LogP) is 3.56. The summed E-state index contributed by atoms with van der Waals surface area (Å²) >= 11 is 1.45. The van der Waals surface area contributed by atoms with Gasteiger partial charge in [-0.1, -0.05) is 35.5 Å². The summed E-state index contributed by atoms with van der Waals surface area (Å²) in [6, 6.07) is 17.1. The van der Waals surface area contributed by atoms with Gasteiger partial charge in [-0.05, 0) is 31.2 Å². The molecule has 25 heavy (non-hydrogen) atoms. The lowest BCUT2D eigenvalue weighted by atomic mass is 10.3. The van der Waals surface area contributed by atoms with Crippen LogP contribution < -0.4 is 4.90 Å². The number of hydrogen-bond donors (Lipinski definition) is 0. The Kier molecular flexibility index (Phi) is 3.99. The van der Waals surface area contributed by atoms with Gasteiger partial charge in [0, 0.05) is 5.38 Å². The van der Waals surface area contributed by atoms with E-state index in [-0.39, 0.29) is 12.5 Å². The number of rotatable bonds is 4. The Morgan fingerprint density at radius 1 is 1.12 bits per heavy atom. The second-order valence-electron chi connectivity index (χ2n) is 5.57. The summed E-state index contributed by atoms with van der Waals surface area (Å²) in [5, 5.41) is 10.8. The Balaban J connectivity index is 1.71. The highest BCUT2D eigenvalue weighted by molar-refractivity contribution is 7.14. The van der Waals surface area contributed by atoms with Crippen molar-refractivity contribution in [1.29, 1.82) is 0 Å². The molecule has 0 aliphatic heterocycles. The first-order valence-corrected chi connectivity index (χ1v) is 8.69. The third-order valence-electron chi connectivity index (χ3n) is 3.77.